The molecule has 0 bridgehead atoms. The number of aliphatic imine (C=N–C) groups is 1. The lowest BCUT2D eigenvalue weighted by Gasteiger charge is -2.27. The Morgan fingerprint density at radius 1 is 0.750 bits per heavy atom. The van der Waals surface area contributed by atoms with E-state index in [2.05, 4.69) is 0 Å². The first kappa shape index (κ1) is 16.4. The summed E-state index contributed by atoms with van der Waals surface area (Å²) in [5.74, 6) is 0.281. The van der Waals surface area contributed by atoms with Crippen molar-refractivity contribution in [3.05, 3.63) is 114 Å². The summed E-state index contributed by atoms with van der Waals surface area (Å²) >= 11 is 0. The number of rotatable bonds is 2. The lowest BCUT2D eigenvalue weighted by Crippen LogP contribution is -2.42. The van der Waals surface area contributed by atoms with Crippen molar-refractivity contribution < 1.29 is 9.59 Å². The van der Waals surface area contributed by atoms with Crippen molar-refractivity contribution in [1.29, 1.82) is 0 Å². The van der Waals surface area contributed by atoms with Gasteiger partial charge in [-0.1, -0.05) is 72.8 Å². The number of fused-ring (bicyclic) bond motifs is 2. The molecule has 0 saturated carbocycles. The summed E-state index contributed by atoms with van der Waals surface area (Å²) in [6.45, 7) is 0. The normalized spacial score (nSPS) is 20.4. The van der Waals surface area contributed by atoms with Gasteiger partial charge >= 0.3 is 0 Å². The number of anilines is 1. The van der Waals surface area contributed by atoms with Crippen molar-refractivity contribution in [1.82, 2.24) is 0 Å². The monoisotopic (exact) mass is 364 g/mol. The number of carbonyl (C=O) groups excluding carboxylic acids is 2. The minimum atomic E-state index is -1.23. The molecule has 0 radical (unpaired) electrons. The quantitative estimate of drug-likeness (QED) is 0.687. The van der Waals surface area contributed by atoms with Crippen LogP contribution in [0.5, 0.6) is 0 Å². The molecule has 1 aliphatic heterocycles. The first-order valence-corrected chi connectivity index (χ1v) is 9.09. The molecule has 1 spiro atoms. The summed E-state index contributed by atoms with van der Waals surface area (Å²) in [5, 5.41) is 0. The SMILES string of the molecule is O=C1C=C[C@]2(N=C(c3ccccc3)N(c3ccccc3)C2=O)c2ccccc21. The maximum absolute atomic E-state index is 13.8. The zero-order valence-electron chi connectivity index (χ0n) is 14.9. The molecule has 0 aromatic heterocycles. The Labute approximate surface area is 162 Å². The van der Waals surface area contributed by atoms with Crippen LogP contribution in [0.1, 0.15) is 21.5 Å². The molecule has 4 heteroatoms. The molecule has 134 valence electrons. The fraction of sp³-hybridized carbons (Fsp3) is 0.0417. The summed E-state index contributed by atoms with van der Waals surface area (Å²) in [7, 11) is 0. The van der Waals surface area contributed by atoms with Gasteiger partial charge in [0.2, 0.25) is 0 Å². The fourth-order valence-electron chi connectivity index (χ4n) is 3.82. The minimum absolute atomic E-state index is 0.108. The van der Waals surface area contributed by atoms with Crippen molar-refractivity contribution in [2.75, 3.05) is 4.90 Å². The van der Waals surface area contributed by atoms with Crippen molar-refractivity contribution >= 4 is 23.2 Å². The molecule has 5 rings (SSSR count). The first-order valence-electron chi connectivity index (χ1n) is 9.09. The summed E-state index contributed by atoms with van der Waals surface area (Å²) < 4.78 is 0. The Morgan fingerprint density at radius 2 is 1.39 bits per heavy atom. The Morgan fingerprint density at radius 3 is 2.14 bits per heavy atom. The van der Waals surface area contributed by atoms with Crippen LogP contribution in [-0.4, -0.2) is 17.5 Å². The first-order chi connectivity index (χ1) is 13.7. The van der Waals surface area contributed by atoms with E-state index < -0.39 is 5.54 Å². The molecular weight excluding hydrogens is 348 g/mol. The van der Waals surface area contributed by atoms with E-state index in [-0.39, 0.29) is 11.7 Å². The standard InChI is InChI=1S/C24H16N2O2/c27-21-15-16-24(20-14-8-7-13-19(20)21)23(28)26(18-11-5-2-6-12-18)22(25-24)17-9-3-1-4-10-17/h1-16H/t24-/m0/s1. The van der Waals surface area contributed by atoms with Crippen molar-refractivity contribution in [2.45, 2.75) is 5.54 Å². The van der Waals surface area contributed by atoms with Crippen LogP contribution in [0.4, 0.5) is 5.69 Å². The van der Waals surface area contributed by atoms with Crippen LogP contribution in [0.2, 0.25) is 0 Å². The van der Waals surface area contributed by atoms with Crippen molar-refractivity contribution in [3.8, 4) is 0 Å². The molecule has 1 aliphatic carbocycles. The Kier molecular flexibility index (Phi) is 3.59. The number of amides is 1. The van der Waals surface area contributed by atoms with Gasteiger partial charge in [0.1, 0.15) is 5.84 Å². The molecule has 28 heavy (non-hydrogen) atoms. The molecule has 3 aromatic carbocycles. The predicted octanol–water partition coefficient (Wildman–Crippen LogP) is 4.13. The molecule has 3 aromatic rings. The van der Waals surface area contributed by atoms with Crippen LogP contribution in [0.25, 0.3) is 0 Å². The molecule has 1 amide bonds. The van der Waals surface area contributed by atoms with Crippen molar-refractivity contribution in [3.63, 3.8) is 0 Å². The van der Waals surface area contributed by atoms with E-state index in [1.165, 1.54) is 6.08 Å². The van der Waals surface area contributed by atoms with Gasteiger partial charge in [-0.15, -0.1) is 0 Å². The van der Waals surface area contributed by atoms with Crippen LogP contribution >= 0.6 is 0 Å². The van der Waals surface area contributed by atoms with Gasteiger partial charge in [0.05, 0.1) is 5.69 Å². The average Bonchev–Trinajstić information content (AvgIpc) is 3.05. The lowest BCUT2D eigenvalue weighted by molar-refractivity contribution is -0.120. The second-order valence-electron chi connectivity index (χ2n) is 6.79. The topological polar surface area (TPSA) is 49.7 Å². The van der Waals surface area contributed by atoms with Gasteiger partial charge in [-0.2, -0.15) is 0 Å². The largest absolute Gasteiger partial charge is 0.289 e. The number of ketones is 1. The highest BCUT2D eigenvalue weighted by atomic mass is 16.2. The van der Waals surface area contributed by atoms with Gasteiger partial charge in [0.15, 0.2) is 11.3 Å². The van der Waals surface area contributed by atoms with Gasteiger partial charge in [0.25, 0.3) is 5.91 Å². The summed E-state index contributed by atoms with van der Waals surface area (Å²) in [6.07, 6.45) is 3.09. The van der Waals surface area contributed by atoms with Crippen LogP contribution in [-0.2, 0) is 10.3 Å². The number of allylic oxidation sites excluding steroid dienone is 1. The second kappa shape index (κ2) is 6.13. The van der Waals surface area contributed by atoms with Gasteiger partial charge in [-0.25, -0.2) is 4.99 Å². The fourth-order valence-corrected chi connectivity index (χ4v) is 3.82. The van der Waals surface area contributed by atoms with E-state index in [1.54, 1.807) is 23.1 Å². The number of hydrogen-bond acceptors (Lipinski definition) is 3. The lowest BCUT2D eigenvalue weighted by atomic mass is 9.81. The number of benzene rings is 3. The number of hydrogen-bond donors (Lipinski definition) is 0. The summed E-state index contributed by atoms with van der Waals surface area (Å²) in [5.41, 5.74) is 1.50. The van der Waals surface area contributed by atoms with Crippen LogP contribution in [0.15, 0.2) is 102 Å². The maximum Gasteiger partial charge on any atom is 0.269 e. The number of para-hydroxylation sites is 1. The molecular formula is C24H16N2O2. The third-order valence-corrected chi connectivity index (χ3v) is 5.15. The highest BCUT2D eigenvalue weighted by Gasteiger charge is 2.51. The van der Waals surface area contributed by atoms with E-state index in [0.717, 1.165) is 11.3 Å². The molecule has 0 fully saturated rings. The Hall–Kier alpha value is -3.79. The van der Waals surface area contributed by atoms with E-state index in [4.69, 9.17) is 4.99 Å². The number of carbonyl (C=O) groups is 2. The number of amidine groups is 1. The van der Waals surface area contributed by atoms with E-state index >= 15 is 0 Å². The van der Waals surface area contributed by atoms with Crippen LogP contribution in [0, 0.1) is 0 Å². The zero-order chi connectivity index (χ0) is 19.1. The van der Waals surface area contributed by atoms with Crippen LogP contribution < -0.4 is 4.90 Å². The van der Waals surface area contributed by atoms with Gasteiger partial charge in [0, 0.05) is 16.7 Å². The van der Waals surface area contributed by atoms with E-state index in [1.807, 2.05) is 72.8 Å². The molecule has 2 aliphatic rings. The molecule has 0 unspecified atom stereocenters. The second-order valence-corrected chi connectivity index (χ2v) is 6.79. The molecule has 1 heterocycles. The zero-order valence-corrected chi connectivity index (χ0v) is 14.9. The Balaban J connectivity index is 1.77. The van der Waals surface area contributed by atoms with Crippen LogP contribution in [0.3, 0.4) is 0 Å². The third-order valence-electron chi connectivity index (χ3n) is 5.15. The predicted molar refractivity (Wildman–Crippen MR) is 108 cm³/mol. The van der Waals surface area contributed by atoms with Crippen molar-refractivity contribution in [2.24, 2.45) is 4.99 Å². The third kappa shape index (κ3) is 2.28. The van der Waals surface area contributed by atoms with Gasteiger partial charge < -0.3 is 0 Å². The van der Waals surface area contributed by atoms with E-state index in [9.17, 15) is 9.59 Å². The highest BCUT2D eigenvalue weighted by Crippen LogP contribution is 2.42. The minimum Gasteiger partial charge on any atom is -0.289 e. The maximum atomic E-state index is 13.8. The molecule has 1 atom stereocenters. The smallest absolute Gasteiger partial charge is 0.269 e. The molecule has 4 nitrogen and oxygen atoms in total. The average molecular weight is 364 g/mol. The van der Waals surface area contributed by atoms with E-state index in [0.29, 0.717) is 17.0 Å². The van der Waals surface area contributed by atoms with Gasteiger partial charge in [-0.05, 0) is 24.3 Å². The van der Waals surface area contributed by atoms with Gasteiger partial charge in [-0.3, -0.25) is 14.5 Å². The highest BCUT2D eigenvalue weighted by molar-refractivity contribution is 6.31. The summed E-state index contributed by atoms with van der Waals surface area (Å²) in [6, 6.07) is 26.3. The summed E-state index contributed by atoms with van der Waals surface area (Å²) in [4.78, 5) is 32.7. The Bertz CT molecular complexity index is 1150. The number of nitrogens with zero attached hydrogens (tertiary/aromatic N) is 2. The molecule has 0 saturated heterocycles. The molecule has 0 N–H and O–H groups in total.